The summed E-state index contributed by atoms with van der Waals surface area (Å²) in [4.78, 5) is 9.28. The first-order valence-electron chi connectivity index (χ1n) is 7.41. The van der Waals surface area contributed by atoms with Crippen LogP contribution in [0.2, 0.25) is 10.0 Å². The monoisotopic (exact) mass is 388 g/mol. The maximum absolute atomic E-state index is 6.16. The predicted octanol–water partition coefficient (Wildman–Crippen LogP) is 4.89. The van der Waals surface area contributed by atoms with E-state index in [4.69, 9.17) is 23.2 Å². The number of halogens is 2. The highest BCUT2D eigenvalue weighted by molar-refractivity contribution is 7.07. The summed E-state index contributed by atoms with van der Waals surface area (Å²) in [6.45, 7) is 4.23. The molecule has 0 aliphatic carbocycles. The molecule has 0 spiro atoms. The number of aromatic nitrogens is 2. The Morgan fingerprint density at radius 3 is 2.68 bits per heavy atom. The molecule has 0 atom stereocenters. The largest absolute Gasteiger partial charge is 0.265 e. The van der Waals surface area contributed by atoms with Crippen molar-refractivity contribution in [3.8, 4) is 11.3 Å². The van der Waals surface area contributed by atoms with Crippen LogP contribution in [0.1, 0.15) is 5.56 Å². The van der Waals surface area contributed by atoms with Gasteiger partial charge in [-0.1, -0.05) is 35.3 Å². The number of thiazole rings is 1. The lowest BCUT2D eigenvalue weighted by atomic mass is 10.2. The first-order chi connectivity index (χ1) is 12.2. The zero-order valence-corrected chi connectivity index (χ0v) is 15.5. The van der Waals surface area contributed by atoms with Crippen molar-refractivity contribution in [2.24, 2.45) is 10.1 Å². The molecule has 1 aromatic carbocycles. The molecule has 0 aliphatic rings. The Morgan fingerprint density at radius 2 is 1.96 bits per heavy atom. The second-order valence-electron chi connectivity index (χ2n) is 5.00. The minimum absolute atomic E-state index is 0.500. The van der Waals surface area contributed by atoms with Crippen LogP contribution < -0.4 is 4.80 Å². The van der Waals surface area contributed by atoms with E-state index in [1.54, 1.807) is 35.4 Å². The number of pyridine rings is 1. The van der Waals surface area contributed by atoms with Gasteiger partial charge < -0.3 is 0 Å². The van der Waals surface area contributed by atoms with E-state index in [1.807, 2.05) is 29.6 Å². The first-order valence-corrected chi connectivity index (χ1v) is 9.04. The van der Waals surface area contributed by atoms with E-state index in [9.17, 15) is 0 Å². The summed E-state index contributed by atoms with van der Waals surface area (Å²) in [6.07, 6.45) is 6.96. The summed E-state index contributed by atoms with van der Waals surface area (Å²) in [5.41, 5.74) is 2.75. The highest BCUT2D eigenvalue weighted by atomic mass is 35.5. The van der Waals surface area contributed by atoms with Crippen molar-refractivity contribution >= 4 is 40.8 Å². The van der Waals surface area contributed by atoms with Gasteiger partial charge in [0.2, 0.25) is 4.80 Å². The van der Waals surface area contributed by atoms with Crippen molar-refractivity contribution in [2.75, 3.05) is 6.54 Å². The average molecular weight is 389 g/mol. The first kappa shape index (κ1) is 17.6. The highest BCUT2D eigenvalue weighted by Gasteiger charge is 2.09. The quantitative estimate of drug-likeness (QED) is 0.453. The minimum atomic E-state index is 0.500. The number of hydrogen-bond acceptors (Lipinski definition) is 4. The van der Waals surface area contributed by atoms with Crippen LogP contribution in [0.5, 0.6) is 0 Å². The van der Waals surface area contributed by atoms with Gasteiger partial charge in [0.25, 0.3) is 0 Å². The van der Waals surface area contributed by atoms with Crippen LogP contribution in [-0.4, -0.2) is 22.4 Å². The molecular weight excluding hydrogens is 375 g/mol. The topological polar surface area (TPSA) is 42.5 Å². The van der Waals surface area contributed by atoms with Gasteiger partial charge in [-0.3, -0.25) is 9.98 Å². The van der Waals surface area contributed by atoms with E-state index < -0.39 is 0 Å². The molecule has 4 nitrogen and oxygen atoms in total. The van der Waals surface area contributed by atoms with Crippen LogP contribution in [-0.2, 0) is 0 Å². The molecule has 0 bridgehead atoms. The Kier molecular flexibility index (Phi) is 5.81. The molecule has 3 aromatic rings. The van der Waals surface area contributed by atoms with Gasteiger partial charge in [-0.2, -0.15) is 5.10 Å². The second-order valence-corrected chi connectivity index (χ2v) is 6.65. The summed E-state index contributed by atoms with van der Waals surface area (Å²) < 4.78 is 1.79. The fourth-order valence-electron chi connectivity index (χ4n) is 2.09. The number of hydrogen-bond donors (Lipinski definition) is 0. The molecule has 2 heterocycles. The standard InChI is InChI=1S/C18H14Cl2N4S/c1-2-7-22-18-24(23-11-13-5-8-21-9-6-13)17(12-25-18)14-3-4-15(19)16(20)10-14/h2-6,8-12H,1,7H2. The number of nitrogens with zero attached hydrogens (tertiary/aromatic N) is 4. The fourth-order valence-corrected chi connectivity index (χ4v) is 3.24. The fraction of sp³-hybridized carbons (Fsp3) is 0.0556. The van der Waals surface area contributed by atoms with Crippen molar-refractivity contribution in [3.63, 3.8) is 0 Å². The molecule has 0 N–H and O–H groups in total. The molecule has 25 heavy (non-hydrogen) atoms. The van der Waals surface area contributed by atoms with Gasteiger partial charge in [0.05, 0.1) is 28.5 Å². The van der Waals surface area contributed by atoms with Crippen molar-refractivity contribution < 1.29 is 0 Å². The third-order valence-corrected chi connectivity index (χ3v) is 4.88. The van der Waals surface area contributed by atoms with E-state index in [0.29, 0.717) is 16.6 Å². The third kappa shape index (κ3) is 4.25. The highest BCUT2D eigenvalue weighted by Crippen LogP contribution is 2.28. The minimum Gasteiger partial charge on any atom is -0.265 e. The Morgan fingerprint density at radius 1 is 1.16 bits per heavy atom. The van der Waals surface area contributed by atoms with Crippen LogP contribution >= 0.6 is 34.5 Å². The van der Waals surface area contributed by atoms with Crippen molar-refractivity contribution in [1.82, 2.24) is 9.66 Å². The summed E-state index contributed by atoms with van der Waals surface area (Å²) >= 11 is 13.7. The van der Waals surface area contributed by atoms with Crippen molar-refractivity contribution in [3.05, 3.63) is 81.2 Å². The van der Waals surface area contributed by atoms with Crippen molar-refractivity contribution in [1.29, 1.82) is 0 Å². The molecule has 0 unspecified atom stereocenters. The summed E-state index contributed by atoms with van der Waals surface area (Å²) in [5, 5.41) is 7.60. The van der Waals surface area contributed by atoms with E-state index in [0.717, 1.165) is 21.6 Å². The zero-order valence-electron chi connectivity index (χ0n) is 13.1. The van der Waals surface area contributed by atoms with Crippen LogP contribution in [0.3, 0.4) is 0 Å². The van der Waals surface area contributed by atoms with E-state index >= 15 is 0 Å². The molecule has 0 saturated heterocycles. The van der Waals surface area contributed by atoms with Gasteiger partial charge in [-0.05, 0) is 29.8 Å². The molecular formula is C18H14Cl2N4S. The molecule has 0 saturated carbocycles. The van der Waals surface area contributed by atoms with Gasteiger partial charge >= 0.3 is 0 Å². The van der Waals surface area contributed by atoms with Gasteiger partial charge in [-0.25, -0.2) is 4.68 Å². The Bertz CT molecular complexity index is 974. The Hall–Kier alpha value is -2.21. The zero-order chi connectivity index (χ0) is 17.6. The third-order valence-electron chi connectivity index (χ3n) is 3.28. The second kappa shape index (κ2) is 8.25. The lowest BCUT2D eigenvalue weighted by Gasteiger charge is -2.05. The van der Waals surface area contributed by atoms with Crippen molar-refractivity contribution in [2.45, 2.75) is 0 Å². The molecule has 3 rings (SSSR count). The lowest BCUT2D eigenvalue weighted by molar-refractivity contribution is 0.840. The summed E-state index contributed by atoms with van der Waals surface area (Å²) in [6, 6.07) is 9.27. The number of rotatable bonds is 5. The van der Waals surface area contributed by atoms with Crippen LogP contribution in [0.4, 0.5) is 0 Å². The Labute approximate surface area is 159 Å². The lowest BCUT2D eigenvalue weighted by Crippen LogP contribution is -2.12. The number of benzene rings is 1. The van der Waals surface area contributed by atoms with Gasteiger partial charge in [0, 0.05) is 23.3 Å². The van der Waals surface area contributed by atoms with E-state index in [2.05, 4.69) is 21.7 Å². The summed E-state index contributed by atoms with van der Waals surface area (Å²) in [5.74, 6) is 0. The molecule has 0 aliphatic heterocycles. The normalized spacial score (nSPS) is 12.0. The van der Waals surface area contributed by atoms with Gasteiger partial charge in [-0.15, -0.1) is 17.9 Å². The van der Waals surface area contributed by atoms with Crippen LogP contribution in [0, 0.1) is 0 Å². The van der Waals surface area contributed by atoms with E-state index in [1.165, 1.54) is 11.3 Å². The summed E-state index contributed by atoms with van der Waals surface area (Å²) in [7, 11) is 0. The maximum Gasteiger partial charge on any atom is 0.206 e. The average Bonchev–Trinajstić information content (AvgIpc) is 3.04. The molecule has 7 heteroatoms. The molecule has 0 amide bonds. The molecule has 0 fully saturated rings. The SMILES string of the molecule is C=CCN=c1scc(-c2ccc(Cl)c(Cl)c2)n1N=Cc1ccncc1. The predicted molar refractivity (Wildman–Crippen MR) is 106 cm³/mol. The molecule has 126 valence electrons. The van der Waals surface area contributed by atoms with Gasteiger partial charge in [0.15, 0.2) is 0 Å². The molecule has 2 aromatic heterocycles. The smallest absolute Gasteiger partial charge is 0.206 e. The van der Waals surface area contributed by atoms with Crippen LogP contribution in [0.25, 0.3) is 11.3 Å². The van der Waals surface area contributed by atoms with Crippen LogP contribution in [0.15, 0.2) is 70.9 Å². The molecule has 0 radical (unpaired) electrons. The van der Waals surface area contributed by atoms with Gasteiger partial charge in [0.1, 0.15) is 0 Å². The Balaban J connectivity index is 2.09. The maximum atomic E-state index is 6.16. The van der Waals surface area contributed by atoms with E-state index in [-0.39, 0.29) is 0 Å².